The van der Waals surface area contributed by atoms with E-state index in [4.69, 9.17) is 19.8 Å². The van der Waals surface area contributed by atoms with Gasteiger partial charge in [0, 0.05) is 26.9 Å². The van der Waals surface area contributed by atoms with E-state index >= 15 is 0 Å². The number of nitriles is 1. The Morgan fingerprint density at radius 1 is 0.270 bits per heavy atom. The Morgan fingerprint density at radius 3 is 0.766 bits per heavy atom. The van der Waals surface area contributed by atoms with E-state index in [2.05, 4.69) is 272 Å². The van der Waals surface area contributed by atoms with Gasteiger partial charge in [0.05, 0.1) is 121 Å². The maximum absolute atomic E-state index is 11.6. The van der Waals surface area contributed by atoms with Crippen molar-refractivity contribution < 1.29 is 29.3 Å². The average molecular weight is 1780 g/mol. The lowest BCUT2D eigenvalue weighted by atomic mass is 9.99. The van der Waals surface area contributed by atoms with E-state index in [9.17, 15) is 14.7 Å². The average Bonchev–Trinajstić information content (AvgIpc) is 1.70. The minimum Gasteiger partial charge on any atom is -0.508 e. The first-order valence-electron chi connectivity index (χ1n) is 44.6. The second kappa shape index (κ2) is 37.5. The van der Waals surface area contributed by atoms with Crippen molar-refractivity contribution in [2.45, 2.75) is 0 Å². The Labute approximate surface area is 787 Å². The van der Waals surface area contributed by atoms with Gasteiger partial charge in [0.15, 0.2) is 0 Å². The summed E-state index contributed by atoms with van der Waals surface area (Å²) in [6.45, 7) is 0. The van der Waals surface area contributed by atoms with E-state index in [-0.39, 0.29) is 11.7 Å². The molecule has 0 fully saturated rings. The van der Waals surface area contributed by atoms with Gasteiger partial charge in [-0.3, -0.25) is 22.8 Å². The quantitative estimate of drug-likeness (QED) is 0.103. The molecule has 0 spiro atoms. The fraction of sp³-hybridized carbons (Fsp3) is 0.0167. The first kappa shape index (κ1) is 84.9. The summed E-state index contributed by atoms with van der Waals surface area (Å²) in [5, 5.41) is 39.2. The summed E-state index contributed by atoms with van der Waals surface area (Å²) in [6, 6.07) is 144. The fourth-order valence-corrected chi connectivity index (χ4v) is 17.9. The molecule has 20 aromatic carbocycles. The summed E-state index contributed by atoms with van der Waals surface area (Å²) >= 11 is 0. The zero-order chi connectivity index (χ0) is 92.8. The number of carboxylic acid groups (broad SMARTS) is 1. The molecule has 0 aliphatic carbocycles. The molecular formula is C120H83N11O6. The molecule has 0 unspecified atom stereocenters. The van der Waals surface area contributed by atoms with E-state index in [1.807, 2.05) is 201 Å². The zero-order valence-corrected chi connectivity index (χ0v) is 74.2. The lowest BCUT2D eigenvalue weighted by Crippen LogP contribution is -2.00. The Morgan fingerprint density at radius 2 is 0.511 bits per heavy atom. The highest BCUT2D eigenvalue weighted by atomic mass is 16.5. The lowest BCUT2D eigenvalue weighted by Gasteiger charge is -2.11. The van der Waals surface area contributed by atoms with E-state index in [1.54, 1.807) is 43.5 Å². The molecule has 5 aromatic heterocycles. The van der Waals surface area contributed by atoms with Crippen LogP contribution in [0.2, 0.25) is 0 Å². The van der Waals surface area contributed by atoms with E-state index < -0.39 is 5.97 Å². The molecule has 25 aromatic rings. The Hall–Kier alpha value is -18.9. The Balaban J connectivity index is 0.000000102. The molecule has 0 saturated carbocycles. The van der Waals surface area contributed by atoms with Crippen LogP contribution in [-0.2, 0) is 4.74 Å². The topological polar surface area (TPSA) is 206 Å². The maximum Gasteiger partial charge on any atom is 0.337 e. The van der Waals surface area contributed by atoms with Crippen LogP contribution in [0.15, 0.2) is 456 Å². The summed E-state index contributed by atoms with van der Waals surface area (Å²) in [7, 11) is 3.08. The monoisotopic (exact) mass is 1770 g/mol. The lowest BCUT2D eigenvalue weighted by molar-refractivity contribution is 0.0599. The number of ether oxygens (including phenoxy) is 2. The number of rotatable bonds is 13. The minimum atomic E-state index is -0.915. The minimum absolute atomic E-state index is 0.281. The van der Waals surface area contributed by atoms with Gasteiger partial charge in [-0.25, -0.2) is 34.5 Å². The number of phenolic OH excluding ortho intramolecular Hbond substituents is 1. The molecule has 2 N–H and O–H groups in total. The molecule has 0 aliphatic heterocycles. The van der Waals surface area contributed by atoms with Crippen molar-refractivity contribution in [3.05, 3.63) is 473 Å². The van der Waals surface area contributed by atoms with Crippen LogP contribution < -0.4 is 4.74 Å². The SMILES string of the molecule is COC(=O)c1ccc(-c2ccc3c(-n4cnc5ccccc54)cccc3c2)cc1.COc1ccc(-c2ccc3c(-n4cnc5ccccc54)cccc3c2)cc1.N#Cc1ccc(-c2ccc3c(-n4cnc5ccccc54)cccc3c2)cc1.O=C(O)c1ccc(-c2ccc3c(-n4cnc5ccccc54)cccc3c2)cc1.Oc1ccc(-c2ccc3c(-n4cnc5ccccc54)cccc3c2)cc1. The number of carboxylic acids is 1. The highest BCUT2D eigenvalue weighted by molar-refractivity contribution is 6.01. The standard InChI is InChI=1S/C25H18N2O2.C24H15N3.C24H16N2O2.C24H18N2O.C23H16N2O/c1-29-25(28)18-11-9-17(10-12-18)19-13-14-21-20(15-19)5-4-8-23(21)27-16-26-22-6-2-3-7-24(22)27;25-15-17-8-10-18(11-9-17)19-12-13-21-20(14-19)4-3-7-23(21)27-16-26-22-5-1-2-6-24(22)27;27-24(28)17-10-8-16(9-11-17)18-12-13-20-19(14-18)4-3-7-22(20)26-15-25-21-5-1-2-6-23(21)26;1-27-20-12-9-17(10-13-20)18-11-14-21-19(15-18)5-4-8-23(21)26-16-25-22-6-2-3-7-24(22)26;26-19-11-8-16(9-12-19)17-10-13-20-18(14-17)4-3-7-22(20)25-15-24-21-5-1-2-6-23(21)25/h2-16H,1H3;1-14,16H;1-15H,(H,27,28);2-16H,1H3;1-15,26H. The molecule has 25 rings (SSSR count). The zero-order valence-electron chi connectivity index (χ0n) is 74.2. The van der Waals surface area contributed by atoms with Crippen LogP contribution in [0.25, 0.3) is 193 Å². The van der Waals surface area contributed by atoms with Gasteiger partial charge in [-0.15, -0.1) is 0 Å². The number of imidazole rings is 5. The summed E-state index contributed by atoms with van der Waals surface area (Å²) < 4.78 is 20.7. The van der Waals surface area contributed by atoms with Crippen LogP contribution in [-0.4, -0.2) is 84.1 Å². The molecule has 5 heterocycles. The second-order valence-electron chi connectivity index (χ2n) is 33.0. The van der Waals surface area contributed by atoms with Crippen LogP contribution in [0.4, 0.5) is 0 Å². The van der Waals surface area contributed by atoms with Crippen molar-refractivity contribution in [1.82, 2.24) is 47.8 Å². The number of aromatic carboxylic acids is 1. The smallest absolute Gasteiger partial charge is 0.337 e. The van der Waals surface area contributed by atoms with Crippen molar-refractivity contribution in [1.29, 1.82) is 5.26 Å². The number of fused-ring (bicyclic) bond motifs is 10. The molecule has 137 heavy (non-hydrogen) atoms. The highest BCUT2D eigenvalue weighted by Crippen LogP contribution is 2.38. The van der Waals surface area contributed by atoms with Crippen LogP contribution >= 0.6 is 0 Å². The normalized spacial score (nSPS) is 11.1. The Bertz CT molecular complexity index is 8900. The first-order chi connectivity index (χ1) is 67.4. The number of para-hydroxylation sites is 10. The van der Waals surface area contributed by atoms with Crippen molar-refractivity contribution in [3.63, 3.8) is 0 Å². The van der Waals surface area contributed by atoms with E-state index in [0.29, 0.717) is 16.7 Å². The number of aromatic hydroxyl groups is 1. The molecule has 0 saturated heterocycles. The summed E-state index contributed by atoms with van der Waals surface area (Å²) in [6.07, 6.45) is 9.40. The molecule has 0 atom stereocenters. The summed E-state index contributed by atoms with van der Waals surface area (Å²) in [5.74, 6) is -0.0906. The van der Waals surface area contributed by atoms with Gasteiger partial charge in [0.1, 0.15) is 43.1 Å². The number of methoxy groups -OCH3 is 2. The number of benzene rings is 20. The van der Waals surface area contributed by atoms with E-state index in [1.165, 1.54) is 50.6 Å². The third-order valence-electron chi connectivity index (χ3n) is 24.9. The van der Waals surface area contributed by atoms with Gasteiger partial charge in [0.25, 0.3) is 0 Å². The van der Waals surface area contributed by atoms with Crippen molar-refractivity contribution in [2.75, 3.05) is 14.2 Å². The van der Waals surface area contributed by atoms with Crippen molar-refractivity contribution >= 4 is 121 Å². The number of hydrogen-bond acceptors (Lipinski definition) is 11. The van der Waals surface area contributed by atoms with Gasteiger partial charge < -0.3 is 19.7 Å². The number of carbonyl (C=O) groups excluding carboxylic acids is 1. The Kier molecular flexibility index (Phi) is 23.2. The molecule has 0 radical (unpaired) electrons. The summed E-state index contributed by atoms with van der Waals surface area (Å²) in [5.41, 5.74) is 28.5. The van der Waals surface area contributed by atoms with Gasteiger partial charge in [-0.2, -0.15) is 5.26 Å². The number of esters is 1. The predicted octanol–water partition coefficient (Wildman–Crippen LogP) is 28.3. The largest absolute Gasteiger partial charge is 0.508 e. The number of carbonyl (C=O) groups is 2. The third-order valence-corrected chi connectivity index (χ3v) is 24.9. The number of hydrogen-bond donors (Lipinski definition) is 2. The van der Waals surface area contributed by atoms with Crippen LogP contribution in [0.5, 0.6) is 11.5 Å². The van der Waals surface area contributed by atoms with Gasteiger partial charge in [0.2, 0.25) is 0 Å². The van der Waals surface area contributed by atoms with Gasteiger partial charge in [-0.1, -0.05) is 243 Å². The van der Waals surface area contributed by atoms with Crippen LogP contribution in [0, 0.1) is 11.3 Å². The van der Waals surface area contributed by atoms with Gasteiger partial charge in [-0.05, 0) is 265 Å². The number of nitrogens with zero attached hydrogens (tertiary/aromatic N) is 11. The molecule has 654 valence electrons. The van der Waals surface area contributed by atoms with Crippen molar-refractivity contribution in [2.24, 2.45) is 0 Å². The third kappa shape index (κ3) is 17.2. The second-order valence-corrected chi connectivity index (χ2v) is 33.0. The molecule has 0 aliphatic rings. The van der Waals surface area contributed by atoms with Gasteiger partial charge >= 0.3 is 11.9 Å². The first-order valence-corrected chi connectivity index (χ1v) is 44.6. The maximum atomic E-state index is 11.6. The number of aromatic nitrogens is 10. The molecule has 17 nitrogen and oxygen atoms in total. The van der Waals surface area contributed by atoms with Crippen LogP contribution in [0.1, 0.15) is 26.3 Å². The highest BCUT2D eigenvalue weighted by Gasteiger charge is 2.18. The van der Waals surface area contributed by atoms with Crippen molar-refractivity contribution in [3.8, 4) is 102 Å². The van der Waals surface area contributed by atoms with E-state index in [0.717, 1.165) is 155 Å². The number of phenols is 1. The van der Waals surface area contributed by atoms with Crippen LogP contribution in [0.3, 0.4) is 0 Å². The fourth-order valence-electron chi connectivity index (χ4n) is 17.9. The molecule has 0 bridgehead atoms. The molecular weight excluding hydrogens is 1690 g/mol. The predicted molar refractivity (Wildman–Crippen MR) is 551 cm³/mol. The molecule has 0 amide bonds. The molecule has 17 heteroatoms. The summed E-state index contributed by atoms with van der Waals surface area (Å²) in [4.78, 5) is 45.3.